The molecule has 0 aliphatic carbocycles. The van der Waals surface area contributed by atoms with Gasteiger partial charge in [0.05, 0.1) is 11.4 Å². The van der Waals surface area contributed by atoms with Crippen LogP contribution in [0.15, 0.2) is 42.5 Å². The van der Waals surface area contributed by atoms with Gasteiger partial charge in [0.1, 0.15) is 10.7 Å². The van der Waals surface area contributed by atoms with Crippen molar-refractivity contribution in [3.05, 3.63) is 58.7 Å². The van der Waals surface area contributed by atoms with Gasteiger partial charge in [-0.2, -0.15) is 0 Å². The van der Waals surface area contributed by atoms with Gasteiger partial charge in [0.15, 0.2) is 0 Å². The molecular formula is C16H13FN2OS. The number of anilines is 2. The molecule has 21 heavy (non-hydrogen) atoms. The number of benzene rings is 2. The number of thiophene rings is 1. The van der Waals surface area contributed by atoms with Crippen LogP contribution in [0, 0.1) is 12.7 Å². The Kier molecular flexibility index (Phi) is 3.35. The summed E-state index contributed by atoms with van der Waals surface area (Å²) < 4.78 is 14.5. The van der Waals surface area contributed by atoms with Crippen LogP contribution in [0.1, 0.15) is 15.2 Å². The number of rotatable bonds is 2. The predicted molar refractivity (Wildman–Crippen MR) is 85.3 cm³/mol. The van der Waals surface area contributed by atoms with Gasteiger partial charge in [-0.3, -0.25) is 4.79 Å². The first-order chi connectivity index (χ1) is 10.1. The predicted octanol–water partition coefficient (Wildman–Crippen LogP) is 4.18. The van der Waals surface area contributed by atoms with Gasteiger partial charge in [-0.25, -0.2) is 4.39 Å². The molecule has 2 aromatic carbocycles. The molecule has 106 valence electrons. The average molecular weight is 300 g/mol. The number of nitrogens with two attached hydrogens (primary N) is 1. The van der Waals surface area contributed by atoms with Crippen molar-refractivity contribution < 1.29 is 9.18 Å². The first kappa shape index (κ1) is 13.6. The number of para-hydroxylation sites is 1. The van der Waals surface area contributed by atoms with E-state index in [0.717, 1.165) is 15.6 Å². The average Bonchev–Trinajstić information content (AvgIpc) is 2.78. The van der Waals surface area contributed by atoms with Crippen LogP contribution in [-0.2, 0) is 0 Å². The fourth-order valence-electron chi connectivity index (χ4n) is 2.13. The number of hydrogen-bond acceptors (Lipinski definition) is 3. The van der Waals surface area contributed by atoms with Gasteiger partial charge in [-0.1, -0.05) is 24.3 Å². The van der Waals surface area contributed by atoms with Crippen molar-refractivity contribution in [1.29, 1.82) is 0 Å². The number of carbonyl (C=O) groups is 1. The molecule has 0 radical (unpaired) electrons. The summed E-state index contributed by atoms with van der Waals surface area (Å²) >= 11 is 1.31. The first-order valence-corrected chi connectivity index (χ1v) is 7.22. The molecule has 0 aliphatic rings. The van der Waals surface area contributed by atoms with E-state index in [2.05, 4.69) is 5.32 Å². The number of amides is 1. The van der Waals surface area contributed by atoms with Crippen molar-refractivity contribution in [3.63, 3.8) is 0 Å². The molecule has 1 aromatic heterocycles. The number of aryl methyl sites for hydroxylation is 1. The molecule has 3 N–H and O–H groups in total. The highest BCUT2D eigenvalue weighted by Crippen LogP contribution is 2.34. The zero-order valence-corrected chi connectivity index (χ0v) is 12.1. The Balaban J connectivity index is 1.98. The molecule has 3 nitrogen and oxygen atoms in total. The van der Waals surface area contributed by atoms with Crippen molar-refractivity contribution in [2.24, 2.45) is 0 Å². The Morgan fingerprint density at radius 3 is 2.76 bits per heavy atom. The molecule has 1 amide bonds. The first-order valence-electron chi connectivity index (χ1n) is 6.41. The van der Waals surface area contributed by atoms with Gasteiger partial charge in [-0.15, -0.1) is 11.3 Å². The van der Waals surface area contributed by atoms with E-state index in [1.54, 1.807) is 12.1 Å². The Labute approximate surface area is 125 Å². The van der Waals surface area contributed by atoms with Gasteiger partial charge in [0, 0.05) is 10.1 Å². The standard InChI is InChI=1S/C16H13FN2OS/c1-9-6-7-10-13(8-9)21-15(14(10)18)16(20)19-12-5-3-2-4-11(12)17/h2-8H,18H2,1H3,(H,19,20). The van der Waals surface area contributed by atoms with Crippen molar-refractivity contribution in [2.45, 2.75) is 6.92 Å². The van der Waals surface area contributed by atoms with Crippen LogP contribution in [0.4, 0.5) is 15.8 Å². The van der Waals surface area contributed by atoms with Crippen molar-refractivity contribution in [1.82, 2.24) is 0 Å². The quantitative estimate of drug-likeness (QED) is 0.746. The number of hydrogen-bond donors (Lipinski definition) is 2. The highest BCUT2D eigenvalue weighted by Gasteiger charge is 2.17. The SMILES string of the molecule is Cc1ccc2c(N)c(C(=O)Nc3ccccc3F)sc2c1. The minimum absolute atomic E-state index is 0.149. The molecule has 0 fully saturated rings. The lowest BCUT2D eigenvalue weighted by molar-refractivity contribution is 0.103. The van der Waals surface area contributed by atoms with Gasteiger partial charge >= 0.3 is 0 Å². The molecule has 0 atom stereocenters. The lowest BCUT2D eigenvalue weighted by Gasteiger charge is -2.05. The summed E-state index contributed by atoms with van der Waals surface area (Å²) in [6, 6.07) is 11.9. The fourth-order valence-corrected chi connectivity index (χ4v) is 3.25. The van der Waals surface area contributed by atoms with Gasteiger partial charge in [-0.05, 0) is 30.7 Å². The lowest BCUT2D eigenvalue weighted by Crippen LogP contribution is -2.12. The Bertz CT molecular complexity index is 841. The molecule has 1 heterocycles. The third-order valence-electron chi connectivity index (χ3n) is 3.21. The lowest BCUT2D eigenvalue weighted by atomic mass is 10.1. The van der Waals surface area contributed by atoms with Crippen LogP contribution >= 0.6 is 11.3 Å². The smallest absolute Gasteiger partial charge is 0.267 e. The van der Waals surface area contributed by atoms with Crippen molar-refractivity contribution in [2.75, 3.05) is 11.1 Å². The van der Waals surface area contributed by atoms with Crippen molar-refractivity contribution >= 4 is 38.7 Å². The molecule has 0 bridgehead atoms. The molecule has 0 spiro atoms. The molecule has 3 aromatic rings. The Morgan fingerprint density at radius 1 is 1.24 bits per heavy atom. The molecule has 5 heteroatoms. The maximum Gasteiger partial charge on any atom is 0.267 e. The minimum atomic E-state index is -0.471. The molecule has 0 saturated carbocycles. The monoisotopic (exact) mass is 300 g/mol. The van der Waals surface area contributed by atoms with E-state index in [4.69, 9.17) is 5.73 Å². The Hall–Kier alpha value is -2.40. The van der Waals surface area contributed by atoms with E-state index < -0.39 is 11.7 Å². The molecule has 0 saturated heterocycles. The fraction of sp³-hybridized carbons (Fsp3) is 0.0625. The van der Waals surface area contributed by atoms with E-state index in [-0.39, 0.29) is 5.69 Å². The summed E-state index contributed by atoms with van der Waals surface area (Å²) in [5.41, 5.74) is 7.72. The van der Waals surface area contributed by atoms with E-state index in [1.807, 2.05) is 25.1 Å². The van der Waals surface area contributed by atoms with Gasteiger partial charge < -0.3 is 11.1 Å². The number of fused-ring (bicyclic) bond motifs is 1. The largest absolute Gasteiger partial charge is 0.397 e. The number of nitrogens with one attached hydrogen (secondary N) is 1. The van der Waals surface area contributed by atoms with Crippen LogP contribution in [0.2, 0.25) is 0 Å². The number of halogens is 1. The van der Waals surface area contributed by atoms with Crippen LogP contribution < -0.4 is 11.1 Å². The maximum absolute atomic E-state index is 13.6. The summed E-state index contributed by atoms with van der Waals surface area (Å²) in [7, 11) is 0. The third-order valence-corrected chi connectivity index (χ3v) is 4.38. The van der Waals surface area contributed by atoms with Crippen LogP contribution in [0.5, 0.6) is 0 Å². The second-order valence-electron chi connectivity index (χ2n) is 4.78. The van der Waals surface area contributed by atoms with E-state index in [9.17, 15) is 9.18 Å². The van der Waals surface area contributed by atoms with Crippen LogP contribution in [0.3, 0.4) is 0 Å². The summed E-state index contributed by atoms with van der Waals surface area (Å²) in [4.78, 5) is 12.7. The molecular weight excluding hydrogens is 287 g/mol. The summed E-state index contributed by atoms with van der Waals surface area (Å²) in [6.45, 7) is 1.98. The van der Waals surface area contributed by atoms with E-state index in [0.29, 0.717) is 10.6 Å². The van der Waals surface area contributed by atoms with E-state index in [1.165, 1.54) is 23.5 Å². The summed E-state index contributed by atoms with van der Waals surface area (Å²) in [6.07, 6.45) is 0. The van der Waals surface area contributed by atoms with Gasteiger partial charge in [0.2, 0.25) is 0 Å². The maximum atomic E-state index is 13.6. The zero-order chi connectivity index (χ0) is 15.0. The number of nitrogen functional groups attached to an aromatic ring is 1. The third kappa shape index (κ3) is 2.48. The van der Waals surface area contributed by atoms with Gasteiger partial charge in [0.25, 0.3) is 5.91 Å². The molecule has 0 aliphatic heterocycles. The van der Waals surface area contributed by atoms with Crippen molar-refractivity contribution in [3.8, 4) is 0 Å². The highest BCUT2D eigenvalue weighted by molar-refractivity contribution is 7.21. The van der Waals surface area contributed by atoms with Crippen LogP contribution in [0.25, 0.3) is 10.1 Å². The summed E-state index contributed by atoms with van der Waals surface area (Å²) in [5.74, 6) is -0.863. The minimum Gasteiger partial charge on any atom is -0.397 e. The number of carbonyl (C=O) groups excluding carboxylic acids is 1. The van der Waals surface area contributed by atoms with Crippen LogP contribution in [-0.4, -0.2) is 5.91 Å². The normalized spacial score (nSPS) is 10.8. The summed E-state index contributed by atoms with van der Waals surface area (Å²) in [5, 5.41) is 3.41. The molecule has 0 unspecified atom stereocenters. The topological polar surface area (TPSA) is 55.1 Å². The van der Waals surface area contributed by atoms with E-state index >= 15 is 0 Å². The molecule has 3 rings (SSSR count). The Morgan fingerprint density at radius 2 is 2.00 bits per heavy atom. The second-order valence-corrected chi connectivity index (χ2v) is 5.83. The highest BCUT2D eigenvalue weighted by atomic mass is 32.1. The zero-order valence-electron chi connectivity index (χ0n) is 11.3. The second kappa shape index (κ2) is 5.18.